The fourth-order valence-corrected chi connectivity index (χ4v) is 7.16. The minimum atomic E-state index is -3.84. The van der Waals surface area contributed by atoms with Gasteiger partial charge in [0.1, 0.15) is 28.3 Å². The monoisotopic (exact) mass is 591 g/mol. The number of hydrogen-bond acceptors (Lipinski definition) is 8. The van der Waals surface area contributed by atoms with Crippen LogP contribution in [0.25, 0.3) is 11.0 Å². The minimum Gasteiger partial charge on any atom is -0.488 e. The van der Waals surface area contributed by atoms with E-state index in [1.54, 1.807) is 35.9 Å². The van der Waals surface area contributed by atoms with Gasteiger partial charge < -0.3 is 15.2 Å². The average molecular weight is 592 g/mol. The lowest BCUT2D eigenvalue weighted by molar-refractivity contribution is -0.145. The highest BCUT2D eigenvalue weighted by molar-refractivity contribution is 7.89. The van der Waals surface area contributed by atoms with Crippen molar-refractivity contribution in [2.24, 2.45) is 12.8 Å². The molecule has 0 fully saturated rings. The third-order valence-corrected chi connectivity index (χ3v) is 9.89. The molecule has 0 aliphatic carbocycles. The van der Waals surface area contributed by atoms with Gasteiger partial charge in [0.15, 0.2) is 0 Å². The lowest BCUT2D eigenvalue weighted by Gasteiger charge is -2.27. The van der Waals surface area contributed by atoms with Gasteiger partial charge in [0.05, 0.1) is 18.7 Å². The van der Waals surface area contributed by atoms with Crippen molar-refractivity contribution in [3.05, 3.63) is 82.4 Å². The van der Waals surface area contributed by atoms with Crippen molar-refractivity contribution in [3.63, 3.8) is 0 Å². The molecule has 2 unspecified atom stereocenters. The Hall–Kier alpha value is -3.80. The maximum absolute atomic E-state index is 13.8. The van der Waals surface area contributed by atoms with Crippen LogP contribution in [0.2, 0.25) is 0 Å². The average Bonchev–Trinajstić information content (AvgIpc) is 3.31. The molecular weight excluding hydrogens is 554 g/mol. The molecule has 1 aliphatic rings. The summed E-state index contributed by atoms with van der Waals surface area (Å²) in [4.78, 5) is 13.2. The summed E-state index contributed by atoms with van der Waals surface area (Å²) < 4.78 is 42.3. The molecule has 11 heteroatoms. The van der Waals surface area contributed by atoms with Crippen molar-refractivity contribution < 1.29 is 22.7 Å². The number of carbonyl (C=O) groups excluding carboxylic acids is 1. The lowest BCUT2D eigenvalue weighted by Crippen LogP contribution is -2.39. The summed E-state index contributed by atoms with van der Waals surface area (Å²) >= 11 is 0. The van der Waals surface area contributed by atoms with Crippen molar-refractivity contribution in [1.29, 1.82) is 0 Å². The number of nitrogens with two attached hydrogens (primary N) is 1. The van der Waals surface area contributed by atoms with Crippen molar-refractivity contribution in [2.75, 3.05) is 13.2 Å². The number of aromatic nitrogens is 3. The molecule has 0 radical (unpaired) electrons. The van der Waals surface area contributed by atoms with Gasteiger partial charge in [-0.25, -0.2) is 13.1 Å². The first-order valence-electron chi connectivity index (χ1n) is 14.1. The third kappa shape index (κ3) is 5.39. The number of fused-ring (bicyclic) bond motifs is 2. The van der Waals surface area contributed by atoms with E-state index in [1.165, 1.54) is 4.31 Å². The SMILES string of the molecule is CCOC(=O)C(N)C(c1ccc(C)c(CN2C[C@@H](CC)Oc3ccccc3S2(=O)=O)c1)c1ccc2c(nnn2C)c1C. The zero-order valence-corrected chi connectivity index (χ0v) is 25.4. The highest BCUT2D eigenvalue weighted by Gasteiger charge is 2.35. The first kappa shape index (κ1) is 29.7. The molecule has 10 nitrogen and oxygen atoms in total. The van der Waals surface area contributed by atoms with Crippen molar-refractivity contribution >= 4 is 27.0 Å². The second kappa shape index (κ2) is 11.8. The molecule has 42 heavy (non-hydrogen) atoms. The molecule has 1 aromatic heterocycles. The van der Waals surface area contributed by atoms with E-state index in [0.29, 0.717) is 12.2 Å². The molecule has 4 aromatic rings. The zero-order chi connectivity index (χ0) is 30.2. The Labute approximate surface area is 246 Å². The molecule has 0 spiro atoms. The number of rotatable bonds is 8. The number of benzene rings is 3. The van der Waals surface area contributed by atoms with E-state index in [0.717, 1.165) is 38.9 Å². The number of sulfonamides is 1. The number of aryl methyl sites for hydroxylation is 3. The standard InChI is InChI=1S/C31H37N5O5S/c1-6-23-18-36(42(38,39)27-11-9-8-10-26(27)41-23)17-22-16-21(13-12-19(22)3)28(29(32)31(37)40-7-2)24-14-15-25-30(20(24)4)33-34-35(25)5/h8-16,23,28-29H,6-7,17-18,32H2,1-5H3/t23-,28?,29?/m1/s1. The fraction of sp³-hybridized carbons (Fsp3) is 0.387. The Morgan fingerprint density at radius 3 is 2.64 bits per heavy atom. The molecule has 1 aliphatic heterocycles. The topological polar surface area (TPSA) is 130 Å². The van der Waals surface area contributed by atoms with E-state index in [2.05, 4.69) is 10.3 Å². The molecular formula is C31H37N5O5S. The first-order chi connectivity index (χ1) is 20.1. The Kier molecular flexibility index (Phi) is 8.36. The van der Waals surface area contributed by atoms with Gasteiger partial charge in [-0.1, -0.05) is 48.5 Å². The summed E-state index contributed by atoms with van der Waals surface area (Å²) in [6, 6.07) is 15.5. The smallest absolute Gasteiger partial charge is 0.323 e. The number of ether oxygens (including phenoxy) is 2. The molecule has 2 N–H and O–H groups in total. The summed E-state index contributed by atoms with van der Waals surface area (Å²) in [7, 11) is -2.01. The van der Waals surface area contributed by atoms with E-state index >= 15 is 0 Å². The van der Waals surface area contributed by atoms with Crippen LogP contribution in [0.1, 0.15) is 54.0 Å². The van der Waals surface area contributed by atoms with Gasteiger partial charge in [0.25, 0.3) is 0 Å². The third-order valence-electron chi connectivity index (χ3n) is 8.03. The second-order valence-corrected chi connectivity index (χ2v) is 12.6. The molecule has 0 amide bonds. The van der Waals surface area contributed by atoms with Crippen molar-refractivity contribution in [3.8, 4) is 5.75 Å². The minimum absolute atomic E-state index is 0.139. The number of para-hydroxylation sites is 1. The molecule has 3 aromatic carbocycles. The largest absolute Gasteiger partial charge is 0.488 e. The van der Waals surface area contributed by atoms with Gasteiger partial charge in [0, 0.05) is 19.5 Å². The molecule has 3 atom stereocenters. The number of hydrogen-bond donors (Lipinski definition) is 1. The van der Waals surface area contributed by atoms with Crippen molar-refractivity contribution in [2.45, 2.75) is 63.6 Å². The van der Waals surface area contributed by atoms with Crippen LogP contribution in [0.15, 0.2) is 59.5 Å². The predicted molar refractivity (Wildman–Crippen MR) is 160 cm³/mol. The van der Waals surface area contributed by atoms with Crippen LogP contribution in [0.5, 0.6) is 5.75 Å². The Morgan fingerprint density at radius 2 is 1.90 bits per heavy atom. The second-order valence-electron chi connectivity index (χ2n) is 10.7. The van der Waals surface area contributed by atoms with Crippen LogP contribution >= 0.6 is 0 Å². The molecule has 5 rings (SSSR count). The van der Waals surface area contributed by atoms with Crippen LogP contribution in [-0.4, -0.2) is 59.0 Å². The van der Waals surface area contributed by atoms with Crippen molar-refractivity contribution in [1.82, 2.24) is 19.3 Å². The van der Waals surface area contributed by atoms with Crippen LogP contribution in [0, 0.1) is 13.8 Å². The van der Waals surface area contributed by atoms with Gasteiger partial charge in [-0.05, 0) is 73.2 Å². The summed E-state index contributed by atoms with van der Waals surface area (Å²) in [5.41, 5.74) is 12.4. The van der Waals surface area contributed by atoms with E-state index in [9.17, 15) is 13.2 Å². The number of nitrogens with zero attached hydrogens (tertiary/aromatic N) is 4. The summed E-state index contributed by atoms with van der Waals surface area (Å²) in [5, 5.41) is 8.48. The lowest BCUT2D eigenvalue weighted by atomic mass is 9.82. The van der Waals surface area contributed by atoms with E-state index in [4.69, 9.17) is 15.2 Å². The summed E-state index contributed by atoms with van der Waals surface area (Å²) in [6.45, 7) is 8.17. The van der Waals surface area contributed by atoms with Crippen LogP contribution < -0.4 is 10.5 Å². The normalized spacial score (nSPS) is 18.1. The van der Waals surface area contributed by atoms with E-state index < -0.39 is 28.0 Å². The molecule has 222 valence electrons. The summed E-state index contributed by atoms with van der Waals surface area (Å²) in [6.07, 6.45) is 0.359. The van der Waals surface area contributed by atoms with Gasteiger partial charge in [-0.3, -0.25) is 4.79 Å². The maximum atomic E-state index is 13.8. The number of carbonyl (C=O) groups is 1. The number of esters is 1. The van der Waals surface area contributed by atoms with Crippen LogP contribution in [0.3, 0.4) is 0 Å². The molecule has 0 saturated carbocycles. The molecule has 0 bridgehead atoms. The molecule has 0 saturated heterocycles. The Bertz CT molecular complexity index is 1740. The zero-order valence-electron chi connectivity index (χ0n) is 24.6. The van der Waals surface area contributed by atoms with Gasteiger partial charge in [-0.15, -0.1) is 5.10 Å². The highest BCUT2D eigenvalue weighted by atomic mass is 32.2. The summed E-state index contributed by atoms with van der Waals surface area (Å²) in [5.74, 6) is -0.714. The van der Waals surface area contributed by atoms with E-state index in [-0.39, 0.29) is 30.7 Å². The van der Waals surface area contributed by atoms with Crippen LogP contribution in [0.4, 0.5) is 0 Å². The Balaban J connectivity index is 1.59. The van der Waals surface area contributed by atoms with Gasteiger partial charge >= 0.3 is 5.97 Å². The first-order valence-corrected chi connectivity index (χ1v) is 15.6. The fourth-order valence-electron chi connectivity index (χ4n) is 5.59. The van der Waals surface area contributed by atoms with Gasteiger partial charge in [0.2, 0.25) is 10.0 Å². The Morgan fingerprint density at radius 1 is 1.14 bits per heavy atom. The van der Waals surface area contributed by atoms with Crippen LogP contribution in [-0.2, 0) is 33.1 Å². The van der Waals surface area contributed by atoms with Gasteiger partial charge in [-0.2, -0.15) is 4.31 Å². The quantitative estimate of drug-likeness (QED) is 0.305. The highest BCUT2D eigenvalue weighted by Crippen LogP contribution is 2.36. The molecule has 2 heterocycles. The maximum Gasteiger partial charge on any atom is 0.323 e. The van der Waals surface area contributed by atoms with E-state index in [1.807, 2.05) is 58.2 Å². The predicted octanol–water partition coefficient (Wildman–Crippen LogP) is 3.97.